The van der Waals surface area contributed by atoms with Gasteiger partial charge in [0.2, 0.25) is 0 Å². The largest absolute Gasteiger partial charge is 0.304 e. The highest BCUT2D eigenvalue weighted by Gasteiger charge is 2.17. The smallest absolute Gasteiger partial charge is 0.0943 e. The molecule has 4 heteroatoms. The van der Waals surface area contributed by atoms with Crippen LogP contribution in [0, 0.1) is 0 Å². The van der Waals surface area contributed by atoms with Gasteiger partial charge in [-0.25, -0.2) is 0 Å². The molecule has 2 heterocycles. The molecular formula is C16H18N4. The molecule has 0 aliphatic rings. The molecule has 0 aliphatic heterocycles. The van der Waals surface area contributed by atoms with Gasteiger partial charge in [0.1, 0.15) is 0 Å². The number of nitrogens with zero attached hydrogens (tertiary/aromatic N) is 3. The van der Waals surface area contributed by atoms with E-state index in [4.69, 9.17) is 4.98 Å². The van der Waals surface area contributed by atoms with E-state index in [0.717, 1.165) is 28.8 Å². The summed E-state index contributed by atoms with van der Waals surface area (Å²) in [7, 11) is 1.93. The normalized spacial score (nSPS) is 12.7. The van der Waals surface area contributed by atoms with Crippen LogP contribution in [0.15, 0.2) is 48.7 Å². The molecule has 0 bridgehead atoms. The number of aromatic nitrogens is 3. The summed E-state index contributed by atoms with van der Waals surface area (Å²) in [6.07, 6.45) is 1.96. The maximum Gasteiger partial charge on any atom is 0.0943 e. The molecular weight excluding hydrogens is 248 g/mol. The third kappa shape index (κ3) is 2.42. The summed E-state index contributed by atoms with van der Waals surface area (Å²) in [5.41, 5.74) is 3.02. The molecule has 0 fully saturated rings. The first-order chi connectivity index (χ1) is 9.78. The summed E-state index contributed by atoms with van der Waals surface area (Å²) < 4.78 is 1.82. The van der Waals surface area contributed by atoms with Crippen LogP contribution >= 0.6 is 0 Å². The molecule has 0 spiro atoms. The first kappa shape index (κ1) is 12.8. The first-order valence-corrected chi connectivity index (χ1v) is 6.86. The average molecular weight is 266 g/mol. The van der Waals surface area contributed by atoms with Crippen LogP contribution < -0.4 is 5.32 Å². The Kier molecular flexibility index (Phi) is 3.48. The Labute approximate surface area is 118 Å². The lowest BCUT2D eigenvalue weighted by Crippen LogP contribution is -2.23. The summed E-state index contributed by atoms with van der Waals surface area (Å²) in [6.45, 7) is 2.97. The minimum Gasteiger partial charge on any atom is -0.304 e. The fourth-order valence-electron chi connectivity index (χ4n) is 2.39. The van der Waals surface area contributed by atoms with Crippen molar-refractivity contribution in [1.29, 1.82) is 0 Å². The van der Waals surface area contributed by atoms with E-state index in [1.54, 1.807) is 0 Å². The first-order valence-electron chi connectivity index (χ1n) is 6.86. The van der Waals surface area contributed by atoms with Gasteiger partial charge in [-0.3, -0.25) is 9.67 Å². The molecule has 0 saturated heterocycles. The number of nitrogens with one attached hydrogen (secondary N) is 1. The summed E-state index contributed by atoms with van der Waals surface area (Å²) in [5, 5.41) is 9.11. The summed E-state index contributed by atoms with van der Waals surface area (Å²) in [6, 6.07) is 14.4. The van der Waals surface area contributed by atoms with Crippen molar-refractivity contribution in [1.82, 2.24) is 20.1 Å². The van der Waals surface area contributed by atoms with Crippen molar-refractivity contribution in [2.24, 2.45) is 7.05 Å². The predicted molar refractivity (Wildman–Crippen MR) is 80.5 cm³/mol. The Morgan fingerprint density at radius 2 is 1.95 bits per heavy atom. The fraction of sp³-hybridized carbons (Fsp3) is 0.250. The number of aryl methyl sites for hydroxylation is 1. The van der Waals surface area contributed by atoms with Crippen molar-refractivity contribution in [2.75, 3.05) is 6.54 Å². The van der Waals surface area contributed by atoms with Gasteiger partial charge in [0.25, 0.3) is 0 Å². The highest BCUT2D eigenvalue weighted by molar-refractivity contribution is 5.78. The molecule has 1 N–H and O–H groups in total. The number of hydrogen-bond donors (Lipinski definition) is 1. The molecule has 0 saturated carbocycles. The fourth-order valence-corrected chi connectivity index (χ4v) is 2.39. The number of benzene rings is 1. The Morgan fingerprint density at radius 1 is 1.10 bits per heavy atom. The minimum atomic E-state index is 0.0332. The standard InChI is InChI=1S/C16H18N4/c1-3-17-16(15-10-11-20(2)19-15)14-9-8-12-6-4-5-7-13(12)18-14/h4-11,16-17H,3H2,1-2H3. The van der Waals surface area contributed by atoms with Gasteiger partial charge in [-0.15, -0.1) is 0 Å². The van der Waals surface area contributed by atoms with Crippen LogP contribution in [0.5, 0.6) is 0 Å². The van der Waals surface area contributed by atoms with Crippen molar-refractivity contribution in [2.45, 2.75) is 13.0 Å². The number of rotatable bonds is 4. The van der Waals surface area contributed by atoms with E-state index in [-0.39, 0.29) is 6.04 Å². The van der Waals surface area contributed by atoms with E-state index in [1.807, 2.05) is 42.2 Å². The maximum absolute atomic E-state index is 4.77. The van der Waals surface area contributed by atoms with Gasteiger partial charge in [0.15, 0.2) is 0 Å². The van der Waals surface area contributed by atoms with Crippen LogP contribution in [-0.4, -0.2) is 21.3 Å². The van der Waals surface area contributed by atoms with Crippen molar-refractivity contribution >= 4 is 10.9 Å². The number of pyridine rings is 1. The van der Waals surface area contributed by atoms with Crippen LogP contribution in [0.25, 0.3) is 10.9 Å². The second kappa shape index (κ2) is 5.43. The van der Waals surface area contributed by atoms with Crippen molar-refractivity contribution in [3.8, 4) is 0 Å². The van der Waals surface area contributed by atoms with E-state index >= 15 is 0 Å². The van der Waals surface area contributed by atoms with Crippen molar-refractivity contribution < 1.29 is 0 Å². The van der Waals surface area contributed by atoms with E-state index < -0.39 is 0 Å². The highest BCUT2D eigenvalue weighted by Crippen LogP contribution is 2.21. The van der Waals surface area contributed by atoms with E-state index in [1.165, 1.54) is 0 Å². The van der Waals surface area contributed by atoms with Gasteiger partial charge in [-0.2, -0.15) is 5.10 Å². The lowest BCUT2D eigenvalue weighted by molar-refractivity contribution is 0.589. The SMILES string of the molecule is CCNC(c1ccc2ccccc2n1)c1ccn(C)n1. The molecule has 4 nitrogen and oxygen atoms in total. The Bertz CT molecular complexity index is 717. The highest BCUT2D eigenvalue weighted by atomic mass is 15.3. The van der Waals surface area contributed by atoms with Gasteiger partial charge in [-0.05, 0) is 24.7 Å². The number of para-hydroxylation sites is 1. The van der Waals surface area contributed by atoms with Gasteiger partial charge in [0.05, 0.1) is 22.9 Å². The van der Waals surface area contributed by atoms with E-state index in [2.05, 4.69) is 35.5 Å². The van der Waals surface area contributed by atoms with E-state index in [9.17, 15) is 0 Å². The zero-order chi connectivity index (χ0) is 13.9. The summed E-state index contributed by atoms with van der Waals surface area (Å²) in [4.78, 5) is 4.77. The molecule has 0 aliphatic carbocycles. The van der Waals surface area contributed by atoms with Gasteiger partial charge in [-0.1, -0.05) is 31.2 Å². The third-order valence-corrected chi connectivity index (χ3v) is 3.35. The Morgan fingerprint density at radius 3 is 2.70 bits per heavy atom. The third-order valence-electron chi connectivity index (χ3n) is 3.35. The average Bonchev–Trinajstić information content (AvgIpc) is 2.90. The Balaban J connectivity index is 2.04. The number of fused-ring (bicyclic) bond motifs is 1. The lowest BCUT2D eigenvalue weighted by atomic mass is 10.1. The molecule has 1 aromatic carbocycles. The maximum atomic E-state index is 4.77. The molecule has 3 aromatic rings. The van der Waals surface area contributed by atoms with Gasteiger partial charge < -0.3 is 5.32 Å². The van der Waals surface area contributed by atoms with Gasteiger partial charge in [0, 0.05) is 18.6 Å². The zero-order valence-corrected chi connectivity index (χ0v) is 11.7. The molecule has 0 radical (unpaired) electrons. The summed E-state index contributed by atoms with van der Waals surface area (Å²) >= 11 is 0. The molecule has 3 rings (SSSR count). The molecule has 0 amide bonds. The Hall–Kier alpha value is -2.20. The summed E-state index contributed by atoms with van der Waals surface area (Å²) in [5.74, 6) is 0. The zero-order valence-electron chi connectivity index (χ0n) is 11.7. The second-order valence-electron chi connectivity index (χ2n) is 4.83. The lowest BCUT2D eigenvalue weighted by Gasteiger charge is -2.15. The molecule has 1 unspecified atom stereocenters. The monoisotopic (exact) mass is 266 g/mol. The minimum absolute atomic E-state index is 0.0332. The van der Waals surface area contributed by atoms with Crippen LogP contribution in [0.3, 0.4) is 0 Å². The number of hydrogen-bond acceptors (Lipinski definition) is 3. The molecule has 102 valence electrons. The van der Waals surface area contributed by atoms with Crippen molar-refractivity contribution in [3.05, 3.63) is 60.0 Å². The predicted octanol–water partition coefficient (Wildman–Crippen LogP) is 2.67. The van der Waals surface area contributed by atoms with Crippen LogP contribution in [0.2, 0.25) is 0 Å². The van der Waals surface area contributed by atoms with Crippen LogP contribution in [0.1, 0.15) is 24.4 Å². The second-order valence-corrected chi connectivity index (χ2v) is 4.83. The van der Waals surface area contributed by atoms with Crippen LogP contribution in [0.4, 0.5) is 0 Å². The quantitative estimate of drug-likeness (QED) is 0.789. The van der Waals surface area contributed by atoms with Gasteiger partial charge >= 0.3 is 0 Å². The topological polar surface area (TPSA) is 42.7 Å². The molecule has 2 aromatic heterocycles. The molecule has 20 heavy (non-hydrogen) atoms. The molecule has 1 atom stereocenters. The van der Waals surface area contributed by atoms with Crippen LogP contribution in [-0.2, 0) is 7.05 Å². The van der Waals surface area contributed by atoms with Crippen molar-refractivity contribution in [3.63, 3.8) is 0 Å². The van der Waals surface area contributed by atoms with E-state index in [0.29, 0.717) is 0 Å².